The van der Waals surface area contributed by atoms with Gasteiger partial charge in [-0.05, 0) is 44.2 Å². The van der Waals surface area contributed by atoms with Crippen molar-refractivity contribution in [1.82, 2.24) is 15.0 Å². The van der Waals surface area contributed by atoms with Gasteiger partial charge in [-0.2, -0.15) is 0 Å². The highest BCUT2D eigenvalue weighted by Gasteiger charge is 2.22. The minimum atomic E-state index is -0.415. The number of nitrogens with two attached hydrogens (primary N) is 1. The third-order valence-electron chi connectivity index (χ3n) is 4.42. The summed E-state index contributed by atoms with van der Waals surface area (Å²) in [5.74, 6) is 0.729. The molecule has 0 amide bonds. The molecule has 7 heteroatoms. The molecule has 1 unspecified atom stereocenters. The molecule has 0 fully saturated rings. The molecule has 4 rings (SSSR count). The summed E-state index contributed by atoms with van der Waals surface area (Å²) in [5.41, 5.74) is 7.61. The van der Waals surface area contributed by atoms with Crippen LogP contribution < -0.4 is 11.1 Å². The molecular formula is C18H20FN5S. The molecule has 0 bridgehead atoms. The predicted molar refractivity (Wildman–Crippen MR) is 99.4 cm³/mol. The second kappa shape index (κ2) is 6.65. The third-order valence-corrected chi connectivity index (χ3v) is 5.61. The molecule has 1 atom stereocenters. The summed E-state index contributed by atoms with van der Waals surface area (Å²) in [6, 6.07) is 1.61. The molecule has 0 aliphatic heterocycles. The number of hydrogen-bond acceptors (Lipinski definition) is 6. The van der Waals surface area contributed by atoms with E-state index in [0.717, 1.165) is 28.9 Å². The minimum absolute atomic E-state index is 0.000545. The van der Waals surface area contributed by atoms with Gasteiger partial charge >= 0.3 is 0 Å². The molecule has 130 valence electrons. The standard InChI is InChI=1S/C18H20FN5S/c1-10(20)8-22-17-15-12-4-2-3-5-14(12)25-18(15)24-16(23-17)11-6-7-21-9-13(11)19/h6-7,9-10H,2-5,8,20H2,1H3,(H,22,23,24). The molecule has 0 radical (unpaired) electrons. The zero-order valence-electron chi connectivity index (χ0n) is 14.1. The highest BCUT2D eigenvalue weighted by molar-refractivity contribution is 7.19. The zero-order chi connectivity index (χ0) is 17.4. The molecule has 1 aliphatic carbocycles. The van der Waals surface area contributed by atoms with Gasteiger partial charge in [0.25, 0.3) is 0 Å². The summed E-state index contributed by atoms with van der Waals surface area (Å²) in [6.07, 6.45) is 7.28. The molecule has 1 aliphatic rings. The molecule has 25 heavy (non-hydrogen) atoms. The third kappa shape index (κ3) is 3.09. The predicted octanol–water partition coefficient (Wildman–Crippen LogP) is 3.53. The lowest BCUT2D eigenvalue weighted by Gasteiger charge is -2.14. The molecule has 5 nitrogen and oxygen atoms in total. The number of fused-ring (bicyclic) bond motifs is 3. The number of anilines is 1. The van der Waals surface area contributed by atoms with Gasteiger partial charge in [0.2, 0.25) is 0 Å². The molecule has 0 saturated carbocycles. The molecule has 0 aromatic carbocycles. The number of hydrogen-bond donors (Lipinski definition) is 2. The second-order valence-electron chi connectivity index (χ2n) is 6.50. The lowest BCUT2D eigenvalue weighted by Crippen LogP contribution is -2.25. The number of rotatable bonds is 4. The summed E-state index contributed by atoms with van der Waals surface area (Å²) in [5, 5.41) is 4.43. The normalized spacial score (nSPS) is 15.2. The molecule has 3 aromatic heterocycles. The quantitative estimate of drug-likeness (QED) is 0.747. The fourth-order valence-corrected chi connectivity index (χ4v) is 4.48. The van der Waals surface area contributed by atoms with Gasteiger partial charge in [0, 0.05) is 23.7 Å². The fraction of sp³-hybridized carbons (Fsp3) is 0.389. The summed E-state index contributed by atoms with van der Waals surface area (Å²) in [6.45, 7) is 2.55. The maximum absolute atomic E-state index is 14.2. The first-order chi connectivity index (χ1) is 12.1. The van der Waals surface area contributed by atoms with Crippen LogP contribution in [0.3, 0.4) is 0 Å². The topological polar surface area (TPSA) is 76.7 Å². The van der Waals surface area contributed by atoms with Crippen molar-refractivity contribution in [3.05, 3.63) is 34.7 Å². The van der Waals surface area contributed by atoms with Crippen LogP contribution in [0.5, 0.6) is 0 Å². The van der Waals surface area contributed by atoms with Crippen molar-refractivity contribution >= 4 is 27.4 Å². The largest absolute Gasteiger partial charge is 0.368 e. The Labute approximate surface area is 149 Å². The van der Waals surface area contributed by atoms with Crippen LogP contribution in [0, 0.1) is 5.82 Å². The molecular weight excluding hydrogens is 337 g/mol. The van der Waals surface area contributed by atoms with Gasteiger partial charge in [0.15, 0.2) is 11.6 Å². The highest BCUT2D eigenvalue weighted by atomic mass is 32.1. The molecule has 0 saturated heterocycles. The van der Waals surface area contributed by atoms with Crippen molar-refractivity contribution in [2.75, 3.05) is 11.9 Å². The highest BCUT2D eigenvalue weighted by Crippen LogP contribution is 2.39. The monoisotopic (exact) mass is 357 g/mol. The second-order valence-corrected chi connectivity index (χ2v) is 7.58. The van der Waals surface area contributed by atoms with Crippen LogP contribution in [0.15, 0.2) is 18.5 Å². The molecule has 3 N–H and O–H groups in total. The van der Waals surface area contributed by atoms with Crippen molar-refractivity contribution in [2.45, 2.75) is 38.6 Å². The van der Waals surface area contributed by atoms with Gasteiger partial charge in [-0.15, -0.1) is 11.3 Å². The van der Waals surface area contributed by atoms with Gasteiger partial charge in [0.05, 0.1) is 17.1 Å². The summed E-state index contributed by atoms with van der Waals surface area (Å²) >= 11 is 1.70. The fourth-order valence-electron chi connectivity index (χ4n) is 3.22. The summed E-state index contributed by atoms with van der Waals surface area (Å²) < 4.78 is 14.2. The first kappa shape index (κ1) is 16.4. The number of aromatic nitrogens is 3. The summed E-state index contributed by atoms with van der Waals surface area (Å²) in [4.78, 5) is 15.4. The first-order valence-electron chi connectivity index (χ1n) is 8.55. The van der Waals surface area contributed by atoms with Crippen molar-refractivity contribution in [3.8, 4) is 11.4 Å². The lowest BCUT2D eigenvalue weighted by molar-refractivity contribution is 0.623. The van der Waals surface area contributed by atoms with Crippen LogP contribution >= 0.6 is 11.3 Å². The van der Waals surface area contributed by atoms with Crippen LogP contribution in [0.4, 0.5) is 10.2 Å². The Morgan fingerprint density at radius 1 is 1.32 bits per heavy atom. The number of halogens is 1. The number of thiophene rings is 1. The number of nitrogens with zero attached hydrogens (tertiary/aromatic N) is 3. The van der Waals surface area contributed by atoms with Crippen molar-refractivity contribution < 1.29 is 4.39 Å². The van der Waals surface area contributed by atoms with E-state index in [4.69, 9.17) is 5.73 Å². The molecule has 3 aromatic rings. The number of nitrogens with one attached hydrogen (secondary N) is 1. The van der Waals surface area contributed by atoms with Gasteiger partial charge in [0.1, 0.15) is 10.6 Å². The maximum atomic E-state index is 14.2. The molecule has 0 spiro atoms. The maximum Gasteiger partial charge on any atom is 0.166 e. The van der Waals surface area contributed by atoms with Crippen molar-refractivity contribution in [1.29, 1.82) is 0 Å². The van der Waals surface area contributed by atoms with E-state index in [-0.39, 0.29) is 6.04 Å². The van der Waals surface area contributed by atoms with E-state index in [1.807, 2.05) is 6.92 Å². The van der Waals surface area contributed by atoms with Crippen LogP contribution in [-0.4, -0.2) is 27.5 Å². The number of aryl methyl sites for hydroxylation is 2. The Kier molecular flexibility index (Phi) is 4.35. The Bertz CT molecular complexity index is 921. The summed E-state index contributed by atoms with van der Waals surface area (Å²) in [7, 11) is 0. The van der Waals surface area contributed by atoms with Crippen molar-refractivity contribution in [3.63, 3.8) is 0 Å². The number of pyridine rings is 1. The Morgan fingerprint density at radius 2 is 2.16 bits per heavy atom. The van der Waals surface area contributed by atoms with Crippen LogP contribution in [0.2, 0.25) is 0 Å². The zero-order valence-corrected chi connectivity index (χ0v) is 14.9. The van der Waals surface area contributed by atoms with E-state index in [1.54, 1.807) is 23.6 Å². The van der Waals surface area contributed by atoms with E-state index in [2.05, 4.69) is 20.3 Å². The van der Waals surface area contributed by atoms with E-state index in [1.165, 1.54) is 29.5 Å². The van der Waals surface area contributed by atoms with Crippen LogP contribution in [0.1, 0.15) is 30.2 Å². The smallest absolute Gasteiger partial charge is 0.166 e. The average molecular weight is 357 g/mol. The van der Waals surface area contributed by atoms with Crippen LogP contribution in [0.25, 0.3) is 21.6 Å². The SMILES string of the molecule is CC(N)CNc1nc(-c2ccncc2F)nc2sc3c(c12)CCCC3. The van der Waals surface area contributed by atoms with Gasteiger partial charge in [-0.25, -0.2) is 14.4 Å². The lowest BCUT2D eigenvalue weighted by atomic mass is 9.97. The Balaban J connectivity index is 1.90. The van der Waals surface area contributed by atoms with E-state index < -0.39 is 5.82 Å². The average Bonchev–Trinajstić information content (AvgIpc) is 2.98. The van der Waals surface area contributed by atoms with Gasteiger partial charge < -0.3 is 11.1 Å². The Hall–Kier alpha value is -2.12. The first-order valence-corrected chi connectivity index (χ1v) is 9.36. The van der Waals surface area contributed by atoms with Crippen molar-refractivity contribution in [2.24, 2.45) is 5.73 Å². The van der Waals surface area contributed by atoms with E-state index in [9.17, 15) is 4.39 Å². The van der Waals surface area contributed by atoms with E-state index >= 15 is 0 Å². The van der Waals surface area contributed by atoms with Gasteiger partial charge in [-0.3, -0.25) is 4.98 Å². The van der Waals surface area contributed by atoms with Crippen LogP contribution in [-0.2, 0) is 12.8 Å². The molecule has 3 heterocycles. The Morgan fingerprint density at radius 3 is 2.96 bits per heavy atom. The van der Waals surface area contributed by atoms with Gasteiger partial charge in [-0.1, -0.05) is 0 Å². The van der Waals surface area contributed by atoms with E-state index in [0.29, 0.717) is 17.9 Å². The minimum Gasteiger partial charge on any atom is -0.368 e.